The Bertz CT molecular complexity index is 844. The third-order valence-corrected chi connectivity index (χ3v) is 3.49. The van der Waals surface area contributed by atoms with E-state index in [1.54, 1.807) is 13.0 Å². The van der Waals surface area contributed by atoms with Crippen molar-refractivity contribution in [2.75, 3.05) is 0 Å². The molecule has 0 atom stereocenters. The van der Waals surface area contributed by atoms with E-state index in [1.165, 1.54) is 5.39 Å². The van der Waals surface area contributed by atoms with Crippen molar-refractivity contribution in [3.63, 3.8) is 0 Å². The number of fused-ring (bicyclic) bond motifs is 2. The van der Waals surface area contributed by atoms with Gasteiger partial charge in [0.1, 0.15) is 0 Å². The second-order valence-corrected chi connectivity index (χ2v) is 4.90. The highest BCUT2D eigenvalue weighted by atomic mass is 16.4. The maximum absolute atomic E-state index is 11.0. The summed E-state index contributed by atoms with van der Waals surface area (Å²) in [4.78, 5) is 11.0. The molecule has 0 amide bonds. The molecule has 0 fully saturated rings. The molecule has 3 aromatic rings. The molecule has 3 rings (SSSR count). The lowest BCUT2D eigenvalue weighted by atomic mass is 9.98. The molecule has 0 saturated carbocycles. The lowest BCUT2D eigenvalue weighted by molar-refractivity contribution is -0.132. The van der Waals surface area contributed by atoms with Gasteiger partial charge < -0.3 is 5.11 Å². The lowest BCUT2D eigenvalue weighted by Crippen LogP contribution is -1.95. The minimum absolute atomic E-state index is 0.339. The van der Waals surface area contributed by atoms with Gasteiger partial charge >= 0.3 is 5.97 Å². The largest absolute Gasteiger partial charge is 0.478 e. The average Bonchev–Trinajstić information content (AvgIpc) is 2.45. The summed E-state index contributed by atoms with van der Waals surface area (Å²) < 4.78 is 0. The first-order chi connectivity index (χ1) is 9.65. The average molecular weight is 262 g/mol. The van der Waals surface area contributed by atoms with E-state index in [9.17, 15) is 4.79 Å². The molecule has 20 heavy (non-hydrogen) atoms. The molecular formula is C18H14O2. The standard InChI is InChI=1S/C18H14O2/c1-12(18(19)20)9-15-7-4-8-16-10-13-5-2-3-6-14(13)11-17(15)16/h2-11H,1H3,(H,19,20). The third-order valence-electron chi connectivity index (χ3n) is 3.49. The van der Waals surface area contributed by atoms with Crippen molar-refractivity contribution >= 4 is 33.6 Å². The first-order valence-corrected chi connectivity index (χ1v) is 6.48. The van der Waals surface area contributed by atoms with Crippen LogP contribution in [0.2, 0.25) is 0 Å². The van der Waals surface area contributed by atoms with Gasteiger partial charge in [0, 0.05) is 5.57 Å². The molecule has 2 nitrogen and oxygen atoms in total. The van der Waals surface area contributed by atoms with Gasteiger partial charge in [0.25, 0.3) is 0 Å². The minimum atomic E-state index is -0.886. The van der Waals surface area contributed by atoms with Crippen LogP contribution in [0.4, 0.5) is 0 Å². The van der Waals surface area contributed by atoms with Crippen molar-refractivity contribution in [3.8, 4) is 0 Å². The van der Waals surface area contributed by atoms with Gasteiger partial charge in [-0.2, -0.15) is 0 Å². The van der Waals surface area contributed by atoms with Crippen LogP contribution >= 0.6 is 0 Å². The van der Waals surface area contributed by atoms with E-state index in [0.717, 1.165) is 21.7 Å². The van der Waals surface area contributed by atoms with Gasteiger partial charge in [0.15, 0.2) is 0 Å². The van der Waals surface area contributed by atoms with Crippen molar-refractivity contribution in [2.24, 2.45) is 0 Å². The molecule has 0 saturated heterocycles. The van der Waals surface area contributed by atoms with Gasteiger partial charge in [-0.25, -0.2) is 4.79 Å². The second-order valence-electron chi connectivity index (χ2n) is 4.90. The summed E-state index contributed by atoms with van der Waals surface area (Å²) in [5.41, 5.74) is 1.28. The Kier molecular flexibility index (Phi) is 2.99. The molecular weight excluding hydrogens is 248 g/mol. The van der Waals surface area contributed by atoms with Crippen molar-refractivity contribution in [1.29, 1.82) is 0 Å². The zero-order valence-electron chi connectivity index (χ0n) is 11.1. The molecule has 0 radical (unpaired) electrons. The van der Waals surface area contributed by atoms with E-state index < -0.39 is 5.97 Å². The number of carboxylic acid groups (broad SMARTS) is 1. The Hall–Kier alpha value is -2.61. The molecule has 0 aliphatic rings. The van der Waals surface area contributed by atoms with Gasteiger partial charge in [-0.15, -0.1) is 0 Å². The van der Waals surface area contributed by atoms with Crippen molar-refractivity contribution in [2.45, 2.75) is 6.92 Å². The van der Waals surface area contributed by atoms with Crippen LogP contribution in [-0.4, -0.2) is 11.1 Å². The van der Waals surface area contributed by atoms with Crippen molar-refractivity contribution in [1.82, 2.24) is 0 Å². The van der Waals surface area contributed by atoms with E-state index in [-0.39, 0.29) is 0 Å². The van der Waals surface area contributed by atoms with Crippen LogP contribution in [0.1, 0.15) is 12.5 Å². The molecule has 0 bridgehead atoms. The maximum Gasteiger partial charge on any atom is 0.331 e. The van der Waals surface area contributed by atoms with E-state index in [0.29, 0.717) is 5.57 Å². The van der Waals surface area contributed by atoms with Gasteiger partial charge in [-0.3, -0.25) is 0 Å². The predicted molar refractivity (Wildman–Crippen MR) is 82.7 cm³/mol. The number of aliphatic carboxylic acids is 1. The van der Waals surface area contributed by atoms with E-state index >= 15 is 0 Å². The summed E-state index contributed by atoms with van der Waals surface area (Å²) in [6.45, 7) is 1.61. The quantitative estimate of drug-likeness (QED) is 0.546. The number of hydrogen-bond donors (Lipinski definition) is 1. The Balaban J connectivity index is 2.31. The fourth-order valence-corrected chi connectivity index (χ4v) is 2.41. The van der Waals surface area contributed by atoms with Crippen LogP contribution in [-0.2, 0) is 4.79 Å². The number of carboxylic acids is 1. The Morgan fingerprint density at radius 1 is 0.950 bits per heavy atom. The monoisotopic (exact) mass is 262 g/mol. The molecule has 0 heterocycles. The SMILES string of the molecule is CC(=Cc1cccc2cc3ccccc3cc12)C(=O)O. The predicted octanol–water partition coefficient (Wildman–Crippen LogP) is 4.48. The van der Waals surface area contributed by atoms with E-state index in [2.05, 4.69) is 30.3 Å². The van der Waals surface area contributed by atoms with Crippen molar-refractivity contribution in [3.05, 3.63) is 65.7 Å². The molecule has 0 aliphatic heterocycles. The van der Waals surface area contributed by atoms with E-state index in [1.807, 2.05) is 24.3 Å². The number of hydrogen-bond acceptors (Lipinski definition) is 1. The molecule has 0 aromatic heterocycles. The summed E-state index contributed by atoms with van der Waals surface area (Å²) in [6.07, 6.45) is 1.72. The van der Waals surface area contributed by atoms with Gasteiger partial charge in [-0.1, -0.05) is 42.5 Å². The minimum Gasteiger partial charge on any atom is -0.478 e. The van der Waals surface area contributed by atoms with Gasteiger partial charge in [-0.05, 0) is 52.2 Å². The topological polar surface area (TPSA) is 37.3 Å². The maximum atomic E-state index is 11.0. The van der Waals surface area contributed by atoms with Crippen LogP contribution in [0, 0.1) is 0 Å². The summed E-state index contributed by atoms with van der Waals surface area (Å²) in [7, 11) is 0. The smallest absolute Gasteiger partial charge is 0.331 e. The van der Waals surface area contributed by atoms with Crippen LogP contribution in [0.15, 0.2) is 60.2 Å². The second kappa shape index (κ2) is 4.82. The van der Waals surface area contributed by atoms with E-state index in [4.69, 9.17) is 5.11 Å². The zero-order chi connectivity index (χ0) is 14.1. The highest BCUT2D eigenvalue weighted by Crippen LogP contribution is 2.26. The Morgan fingerprint density at radius 2 is 1.60 bits per heavy atom. The number of benzene rings is 3. The van der Waals surface area contributed by atoms with Crippen LogP contribution in [0.5, 0.6) is 0 Å². The summed E-state index contributed by atoms with van der Waals surface area (Å²) >= 11 is 0. The number of carbonyl (C=O) groups is 1. The third kappa shape index (κ3) is 2.16. The first-order valence-electron chi connectivity index (χ1n) is 6.48. The summed E-state index contributed by atoms with van der Waals surface area (Å²) in [5, 5.41) is 13.6. The van der Waals surface area contributed by atoms with Crippen LogP contribution in [0.3, 0.4) is 0 Å². The summed E-state index contributed by atoms with van der Waals surface area (Å²) in [6, 6.07) is 18.4. The fourth-order valence-electron chi connectivity index (χ4n) is 2.41. The molecule has 3 aromatic carbocycles. The normalized spacial score (nSPS) is 11.9. The lowest BCUT2D eigenvalue weighted by Gasteiger charge is -2.06. The molecule has 2 heteroatoms. The molecule has 0 aliphatic carbocycles. The highest BCUT2D eigenvalue weighted by Gasteiger charge is 2.04. The summed E-state index contributed by atoms with van der Waals surface area (Å²) in [5.74, 6) is -0.886. The molecule has 98 valence electrons. The molecule has 0 unspecified atom stereocenters. The van der Waals surface area contributed by atoms with Crippen molar-refractivity contribution < 1.29 is 9.90 Å². The van der Waals surface area contributed by atoms with Gasteiger partial charge in [0.2, 0.25) is 0 Å². The molecule has 1 N–H and O–H groups in total. The first kappa shape index (κ1) is 12.4. The van der Waals surface area contributed by atoms with Crippen LogP contribution < -0.4 is 0 Å². The Morgan fingerprint density at radius 3 is 2.30 bits per heavy atom. The van der Waals surface area contributed by atoms with Crippen LogP contribution in [0.25, 0.3) is 27.6 Å². The zero-order valence-corrected chi connectivity index (χ0v) is 11.1. The molecule has 0 spiro atoms. The number of rotatable bonds is 2. The fraction of sp³-hybridized carbons (Fsp3) is 0.0556. The highest BCUT2D eigenvalue weighted by molar-refractivity contribution is 6.03. The Labute approximate surface area is 117 Å². The van der Waals surface area contributed by atoms with Gasteiger partial charge in [0.05, 0.1) is 0 Å².